The van der Waals surface area contributed by atoms with Crippen molar-refractivity contribution in [3.8, 4) is 0 Å². The first-order chi connectivity index (χ1) is 8.31. The summed E-state index contributed by atoms with van der Waals surface area (Å²) in [4.78, 5) is 0. The molecule has 18 heavy (non-hydrogen) atoms. The molecule has 0 fully saturated rings. The number of benzene rings is 1. The van der Waals surface area contributed by atoms with Crippen molar-refractivity contribution in [1.29, 1.82) is 0 Å². The minimum Gasteiger partial charge on any atom is -0.271 e. The van der Waals surface area contributed by atoms with Gasteiger partial charge in [0.25, 0.3) is 0 Å². The van der Waals surface area contributed by atoms with Gasteiger partial charge in [-0.15, -0.1) is 0 Å². The van der Waals surface area contributed by atoms with Gasteiger partial charge in [0.15, 0.2) is 0 Å². The van der Waals surface area contributed by atoms with Gasteiger partial charge in [-0.3, -0.25) is 11.3 Å². The topological polar surface area (TPSA) is 38.0 Å². The Morgan fingerprint density at radius 3 is 2.61 bits per heavy atom. The van der Waals surface area contributed by atoms with Crippen LogP contribution in [0.25, 0.3) is 0 Å². The average molecular weight is 335 g/mol. The molecule has 0 bridgehead atoms. The maximum Gasteiger partial charge on any atom is 0.124 e. The summed E-state index contributed by atoms with van der Waals surface area (Å²) < 4.78 is 14.0. The second-order valence-electron chi connectivity index (χ2n) is 5.23. The SMILES string of the molecule is CC(C)(C)SCC(Cc1ccc(F)cc1Br)NN. The minimum absolute atomic E-state index is 0.177. The smallest absolute Gasteiger partial charge is 0.124 e. The molecule has 0 spiro atoms. The van der Waals surface area contributed by atoms with Crippen molar-refractivity contribution >= 4 is 27.7 Å². The summed E-state index contributed by atoms with van der Waals surface area (Å²) in [5.41, 5.74) is 3.89. The van der Waals surface area contributed by atoms with Gasteiger partial charge in [-0.1, -0.05) is 42.8 Å². The van der Waals surface area contributed by atoms with Gasteiger partial charge in [-0.2, -0.15) is 11.8 Å². The Morgan fingerprint density at radius 1 is 1.44 bits per heavy atom. The first kappa shape index (κ1) is 16.0. The van der Waals surface area contributed by atoms with Crippen LogP contribution < -0.4 is 11.3 Å². The molecule has 0 saturated carbocycles. The zero-order chi connectivity index (χ0) is 13.8. The molecule has 0 aliphatic heterocycles. The Kier molecular flexibility index (Phi) is 6.11. The predicted molar refractivity (Wildman–Crippen MR) is 81.1 cm³/mol. The summed E-state index contributed by atoms with van der Waals surface area (Å²) in [5, 5.41) is 0. The number of hydrogen-bond donors (Lipinski definition) is 2. The third-order valence-corrected chi connectivity index (χ3v) is 4.61. The highest BCUT2D eigenvalue weighted by Crippen LogP contribution is 2.25. The number of hydrazine groups is 1. The number of rotatable bonds is 5. The molecule has 2 nitrogen and oxygen atoms in total. The lowest BCUT2D eigenvalue weighted by atomic mass is 10.1. The van der Waals surface area contributed by atoms with Crippen LogP contribution in [-0.2, 0) is 6.42 Å². The molecule has 0 aliphatic rings. The van der Waals surface area contributed by atoms with Crippen LogP contribution >= 0.6 is 27.7 Å². The molecular weight excluding hydrogens is 315 g/mol. The number of nitrogens with two attached hydrogens (primary N) is 1. The predicted octanol–water partition coefficient (Wildman–Crippen LogP) is 3.49. The normalized spacial score (nSPS) is 13.7. The molecule has 0 amide bonds. The summed E-state index contributed by atoms with van der Waals surface area (Å²) in [7, 11) is 0. The second kappa shape index (κ2) is 6.89. The van der Waals surface area contributed by atoms with Crippen molar-refractivity contribution < 1.29 is 4.39 Å². The Balaban J connectivity index is 2.62. The van der Waals surface area contributed by atoms with Crippen molar-refractivity contribution in [2.24, 2.45) is 5.84 Å². The lowest BCUT2D eigenvalue weighted by molar-refractivity contribution is 0.570. The van der Waals surface area contributed by atoms with Crippen LogP contribution in [0.1, 0.15) is 26.3 Å². The van der Waals surface area contributed by atoms with E-state index in [9.17, 15) is 4.39 Å². The van der Waals surface area contributed by atoms with Crippen molar-refractivity contribution in [2.45, 2.75) is 38.0 Å². The fraction of sp³-hybridized carbons (Fsp3) is 0.538. The van der Waals surface area contributed by atoms with E-state index in [4.69, 9.17) is 5.84 Å². The van der Waals surface area contributed by atoms with Crippen LogP contribution in [0.5, 0.6) is 0 Å². The monoisotopic (exact) mass is 334 g/mol. The van der Waals surface area contributed by atoms with Crippen LogP contribution in [0.15, 0.2) is 22.7 Å². The number of hydrogen-bond acceptors (Lipinski definition) is 3. The first-order valence-corrected chi connectivity index (χ1v) is 7.63. The van der Waals surface area contributed by atoms with Crippen molar-refractivity contribution in [1.82, 2.24) is 5.43 Å². The van der Waals surface area contributed by atoms with Crippen molar-refractivity contribution in [3.05, 3.63) is 34.1 Å². The van der Waals surface area contributed by atoms with Gasteiger partial charge >= 0.3 is 0 Å². The molecule has 5 heteroatoms. The van der Waals surface area contributed by atoms with Crippen molar-refractivity contribution in [2.75, 3.05) is 5.75 Å². The fourth-order valence-corrected chi connectivity index (χ4v) is 2.90. The molecular formula is C13H20BrFN2S. The van der Waals surface area contributed by atoms with E-state index < -0.39 is 0 Å². The number of nitrogens with one attached hydrogen (secondary N) is 1. The lowest BCUT2D eigenvalue weighted by Gasteiger charge is -2.22. The van der Waals surface area contributed by atoms with Gasteiger partial charge in [0.1, 0.15) is 5.82 Å². The van der Waals surface area contributed by atoms with Crippen LogP contribution in [0.4, 0.5) is 4.39 Å². The molecule has 1 atom stereocenters. The lowest BCUT2D eigenvalue weighted by Crippen LogP contribution is -2.39. The molecule has 0 aliphatic carbocycles. The van der Waals surface area contributed by atoms with Crippen LogP contribution in [0.2, 0.25) is 0 Å². The van der Waals surface area contributed by atoms with Crippen LogP contribution in [-0.4, -0.2) is 16.5 Å². The van der Waals surface area contributed by atoms with E-state index in [1.54, 1.807) is 6.07 Å². The van der Waals surface area contributed by atoms with Crippen LogP contribution in [0.3, 0.4) is 0 Å². The van der Waals surface area contributed by atoms with Gasteiger partial charge in [-0.05, 0) is 24.1 Å². The maximum absolute atomic E-state index is 13.0. The third-order valence-electron chi connectivity index (χ3n) is 2.43. The Hall–Kier alpha value is -0.100. The first-order valence-electron chi connectivity index (χ1n) is 5.86. The van der Waals surface area contributed by atoms with E-state index in [2.05, 4.69) is 42.1 Å². The van der Waals surface area contributed by atoms with Crippen molar-refractivity contribution in [3.63, 3.8) is 0 Å². The summed E-state index contributed by atoms with van der Waals surface area (Å²) in [6, 6.07) is 4.94. The molecule has 1 unspecified atom stereocenters. The van der Waals surface area contributed by atoms with Crippen LogP contribution in [0, 0.1) is 5.82 Å². The standard InChI is InChI=1S/C13H20BrFN2S/c1-13(2,3)18-8-11(17-16)6-9-4-5-10(15)7-12(9)14/h4-5,7,11,17H,6,8,16H2,1-3H3. The molecule has 0 aromatic heterocycles. The van der Waals surface area contributed by atoms with E-state index in [1.165, 1.54) is 12.1 Å². The molecule has 3 N–H and O–H groups in total. The summed E-state index contributed by atoms with van der Waals surface area (Å²) in [5.74, 6) is 6.27. The maximum atomic E-state index is 13.0. The van der Waals surface area contributed by atoms with Gasteiger partial charge < -0.3 is 0 Å². The molecule has 0 saturated heterocycles. The summed E-state index contributed by atoms with van der Waals surface area (Å²) in [6.45, 7) is 6.54. The molecule has 102 valence electrons. The van der Waals surface area contributed by atoms with E-state index in [-0.39, 0.29) is 16.6 Å². The zero-order valence-electron chi connectivity index (χ0n) is 11.0. The zero-order valence-corrected chi connectivity index (χ0v) is 13.4. The number of thioether (sulfide) groups is 1. The Labute approximate surface area is 121 Å². The Bertz CT molecular complexity index is 393. The molecule has 1 aromatic carbocycles. The number of halogens is 2. The molecule has 0 radical (unpaired) electrons. The highest BCUT2D eigenvalue weighted by Gasteiger charge is 2.16. The van der Waals surface area contributed by atoms with Gasteiger partial charge in [0.2, 0.25) is 0 Å². The van der Waals surface area contributed by atoms with E-state index in [0.29, 0.717) is 0 Å². The Morgan fingerprint density at radius 2 is 2.11 bits per heavy atom. The van der Waals surface area contributed by atoms with Gasteiger partial charge in [0, 0.05) is 21.0 Å². The van der Waals surface area contributed by atoms with Gasteiger partial charge in [0.05, 0.1) is 0 Å². The highest BCUT2D eigenvalue weighted by molar-refractivity contribution is 9.10. The molecule has 1 rings (SSSR count). The highest BCUT2D eigenvalue weighted by atomic mass is 79.9. The molecule has 1 aromatic rings. The van der Waals surface area contributed by atoms with Gasteiger partial charge in [-0.25, -0.2) is 4.39 Å². The minimum atomic E-state index is -0.230. The fourth-order valence-electron chi connectivity index (χ4n) is 1.47. The van der Waals surface area contributed by atoms with E-state index >= 15 is 0 Å². The summed E-state index contributed by atoms with van der Waals surface area (Å²) in [6.07, 6.45) is 0.778. The average Bonchev–Trinajstić information content (AvgIpc) is 2.25. The third kappa shape index (κ3) is 5.69. The quantitative estimate of drug-likeness (QED) is 0.639. The summed E-state index contributed by atoms with van der Waals surface area (Å²) >= 11 is 5.24. The molecule has 0 heterocycles. The second-order valence-corrected chi connectivity index (χ2v) is 7.93. The van der Waals surface area contributed by atoms with E-state index in [1.807, 2.05) is 11.8 Å². The largest absolute Gasteiger partial charge is 0.271 e. The van der Waals surface area contributed by atoms with E-state index in [0.717, 1.165) is 22.2 Å².